The van der Waals surface area contributed by atoms with Gasteiger partial charge in [0, 0.05) is 11.6 Å². The topological polar surface area (TPSA) is 46.2 Å². The van der Waals surface area contributed by atoms with E-state index < -0.39 is 9.84 Å². The Hall–Kier alpha value is -0.580. The molecule has 1 aromatic carbocycles. The van der Waals surface area contributed by atoms with Crippen LogP contribution in [-0.4, -0.2) is 26.5 Å². The van der Waals surface area contributed by atoms with E-state index in [0.29, 0.717) is 17.4 Å². The third kappa shape index (κ3) is 4.48. The van der Waals surface area contributed by atoms with Gasteiger partial charge in [-0.05, 0) is 49.4 Å². The van der Waals surface area contributed by atoms with Gasteiger partial charge in [-0.2, -0.15) is 0 Å². The quantitative estimate of drug-likeness (QED) is 0.930. The lowest BCUT2D eigenvalue weighted by Crippen LogP contribution is -2.30. The lowest BCUT2D eigenvalue weighted by Gasteiger charge is -2.22. The molecule has 1 N–H and O–H groups in total. The van der Waals surface area contributed by atoms with Crippen LogP contribution in [0.1, 0.15) is 24.0 Å². The van der Waals surface area contributed by atoms with Gasteiger partial charge in [0.1, 0.15) is 9.84 Å². The monoisotopic (exact) mass is 301 g/mol. The third-order valence-corrected chi connectivity index (χ3v) is 5.80. The van der Waals surface area contributed by atoms with Crippen LogP contribution in [0.15, 0.2) is 18.2 Å². The molecular formula is C14H20ClNO2S. The Labute approximate surface area is 120 Å². The molecule has 106 valence electrons. The lowest BCUT2D eigenvalue weighted by atomic mass is 10.0. The maximum atomic E-state index is 11.3. The van der Waals surface area contributed by atoms with Crippen LogP contribution in [0, 0.1) is 12.8 Å². The Morgan fingerprint density at radius 1 is 1.32 bits per heavy atom. The molecule has 2 rings (SSSR count). The molecule has 1 aliphatic heterocycles. The fourth-order valence-electron chi connectivity index (χ4n) is 2.31. The third-order valence-electron chi connectivity index (χ3n) is 3.67. The number of nitrogens with one attached hydrogen (secondary N) is 1. The van der Waals surface area contributed by atoms with Crippen LogP contribution in [-0.2, 0) is 16.4 Å². The van der Waals surface area contributed by atoms with Gasteiger partial charge >= 0.3 is 0 Å². The molecule has 1 aliphatic rings. The molecule has 0 aliphatic carbocycles. The van der Waals surface area contributed by atoms with Crippen LogP contribution < -0.4 is 5.32 Å². The van der Waals surface area contributed by atoms with Gasteiger partial charge in [0.15, 0.2) is 0 Å². The highest BCUT2D eigenvalue weighted by molar-refractivity contribution is 7.91. The van der Waals surface area contributed by atoms with Crippen molar-refractivity contribution in [2.45, 2.75) is 26.3 Å². The number of halogens is 1. The predicted octanol–water partition coefficient (Wildman–Crippen LogP) is 2.56. The second-order valence-corrected chi connectivity index (χ2v) is 8.02. The number of sulfone groups is 1. The molecule has 1 saturated heterocycles. The van der Waals surface area contributed by atoms with Crippen molar-refractivity contribution in [3.05, 3.63) is 34.3 Å². The zero-order valence-corrected chi connectivity index (χ0v) is 12.7. The molecule has 0 unspecified atom stereocenters. The van der Waals surface area contributed by atoms with Gasteiger partial charge < -0.3 is 5.32 Å². The van der Waals surface area contributed by atoms with E-state index in [0.717, 1.165) is 36.5 Å². The Balaban J connectivity index is 1.76. The van der Waals surface area contributed by atoms with E-state index in [-0.39, 0.29) is 0 Å². The molecule has 0 aromatic heterocycles. The van der Waals surface area contributed by atoms with Crippen molar-refractivity contribution in [2.24, 2.45) is 5.92 Å². The van der Waals surface area contributed by atoms with E-state index in [1.807, 2.05) is 19.1 Å². The molecule has 5 heteroatoms. The fraction of sp³-hybridized carbons (Fsp3) is 0.571. The van der Waals surface area contributed by atoms with E-state index in [9.17, 15) is 8.42 Å². The Bertz CT molecular complexity index is 528. The highest BCUT2D eigenvalue weighted by Gasteiger charge is 2.22. The summed E-state index contributed by atoms with van der Waals surface area (Å²) in [6, 6.07) is 6.07. The summed E-state index contributed by atoms with van der Waals surface area (Å²) in [5, 5.41) is 4.19. The normalized spacial score (nSPS) is 19.5. The van der Waals surface area contributed by atoms with Gasteiger partial charge in [0.25, 0.3) is 0 Å². The van der Waals surface area contributed by atoms with Crippen LogP contribution in [0.5, 0.6) is 0 Å². The summed E-state index contributed by atoms with van der Waals surface area (Å²) in [6.45, 7) is 3.65. The number of hydrogen-bond donors (Lipinski definition) is 1. The first kappa shape index (κ1) is 14.8. The molecule has 0 bridgehead atoms. The first-order chi connectivity index (χ1) is 8.96. The minimum absolute atomic E-state index is 0.343. The summed E-state index contributed by atoms with van der Waals surface area (Å²) in [6.07, 6.45) is 1.56. The average molecular weight is 302 g/mol. The van der Waals surface area contributed by atoms with Crippen LogP contribution in [0.2, 0.25) is 5.02 Å². The number of hydrogen-bond acceptors (Lipinski definition) is 3. The van der Waals surface area contributed by atoms with Crippen molar-refractivity contribution in [1.82, 2.24) is 5.32 Å². The summed E-state index contributed by atoms with van der Waals surface area (Å²) in [5.41, 5.74) is 2.25. The van der Waals surface area contributed by atoms with Gasteiger partial charge in [-0.15, -0.1) is 0 Å². The zero-order chi connectivity index (χ0) is 13.9. The van der Waals surface area contributed by atoms with Crippen molar-refractivity contribution in [1.29, 1.82) is 0 Å². The van der Waals surface area contributed by atoms with Gasteiger partial charge in [0.05, 0.1) is 11.5 Å². The van der Waals surface area contributed by atoms with Crippen LogP contribution >= 0.6 is 11.6 Å². The maximum Gasteiger partial charge on any atom is 0.150 e. The number of benzene rings is 1. The Morgan fingerprint density at radius 3 is 2.63 bits per heavy atom. The van der Waals surface area contributed by atoms with Gasteiger partial charge in [-0.25, -0.2) is 8.42 Å². The molecule has 1 aromatic rings. The molecule has 0 radical (unpaired) electrons. The zero-order valence-electron chi connectivity index (χ0n) is 11.2. The van der Waals surface area contributed by atoms with Crippen LogP contribution in [0.25, 0.3) is 0 Å². The molecule has 0 saturated carbocycles. The second kappa shape index (κ2) is 6.25. The highest BCUT2D eigenvalue weighted by atomic mass is 35.5. The minimum atomic E-state index is -2.75. The van der Waals surface area contributed by atoms with E-state index in [1.165, 1.54) is 5.56 Å². The molecule has 0 amide bonds. The van der Waals surface area contributed by atoms with Crippen molar-refractivity contribution in [3.63, 3.8) is 0 Å². The Morgan fingerprint density at radius 2 is 2.00 bits per heavy atom. The van der Waals surface area contributed by atoms with Gasteiger partial charge in [-0.1, -0.05) is 23.7 Å². The first-order valence-electron chi connectivity index (χ1n) is 6.62. The first-order valence-corrected chi connectivity index (χ1v) is 8.82. The van der Waals surface area contributed by atoms with Crippen LogP contribution in [0.4, 0.5) is 0 Å². The molecular weight excluding hydrogens is 282 g/mol. The smallest absolute Gasteiger partial charge is 0.150 e. The highest BCUT2D eigenvalue weighted by Crippen LogP contribution is 2.19. The van der Waals surface area contributed by atoms with Crippen molar-refractivity contribution < 1.29 is 8.42 Å². The second-order valence-electron chi connectivity index (χ2n) is 5.31. The summed E-state index contributed by atoms with van der Waals surface area (Å²) in [7, 11) is -2.75. The van der Waals surface area contributed by atoms with Crippen molar-refractivity contribution >= 4 is 21.4 Å². The molecule has 19 heavy (non-hydrogen) atoms. The van der Waals surface area contributed by atoms with Gasteiger partial charge in [0.2, 0.25) is 0 Å². The standard InChI is InChI=1S/C14H20ClNO2S/c1-11-2-3-13(8-14(11)15)10-16-9-12-4-6-19(17,18)7-5-12/h2-3,8,12,16H,4-7,9-10H2,1H3. The van der Waals surface area contributed by atoms with Crippen LogP contribution in [0.3, 0.4) is 0 Å². The summed E-state index contributed by atoms with van der Waals surface area (Å²) in [4.78, 5) is 0. The Kier molecular flexibility index (Phi) is 4.87. The lowest BCUT2D eigenvalue weighted by molar-refractivity contribution is 0.432. The fourth-order valence-corrected chi connectivity index (χ4v) is 4.10. The van der Waals surface area contributed by atoms with E-state index in [1.54, 1.807) is 0 Å². The number of rotatable bonds is 4. The largest absolute Gasteiger partial charge is 0.312 e. The molecule has 0 spiro atoms. The van der Waals surface area contributed by atoms with Gasteiger partial charge in [-0.3, -0.25) is 0 Å². The van der Waals surface area contributed by atoms with E-state index in [2.05, 4.69) is 11.4 Å². The minimum Gasteiger partial charge on any atom is -0.312 e. The average Bonchev–Trinajstić information content (AvgIpc) is 2.36. The maximum absolute atomic E-state index is 11.3. The number of aryl methyl sites for hydroxylation is 1. The predicted molar refractivity (Wildman–Crippen MR) is 79.3 cm³/mol. The summed E-state index contributed by atoms with van der Waals surface area (Å²) >= 11 is 6.08. The SMILES string of the molecule is Cc1ccc(CNCC2CCS(=O)(=O)CC2)cc1Cl. The van der Waals surface area contributed by atoms with E-state index in [4.69, 9.17) is 11.6 Å². The summed E-state index contributed by atoms with van der Waals surface area (Å²) in [5.74, 6) is 1.16. The molecule has 1 fully saturated rings. The van der Waals surface area contributed by atoms with E-state index >= 15 is 0 Å². The molecule has 1 heterocycles. The molecule has 0 atom stereocenters. The van der Waals surface area contributed by atoms with Crippen molar-refractivity contribution in [2.75, 3.05) is 18.1 Å². The molecule has 3 nitrogen and oxygen atoms in total. The van der Waals surface area contributed by atoms with Crippen molar-refractivity contribution in [3.8, 4) is 0 Å². The summed E-state index contributed by atoms with van der Waals surface area (Å²) < 4.78 is 22.7.